The first-order valence-corrected chi connectivity index (χ1v) is 9.55. The van der Waals surface area contributed by atoms with Crippen molar-refractivity contribution in [1.29, 1.82) is 5.26 Å². The van der Waals surface area contributed by atoms with Crippen LogP contribution in [0.4, 0.5) is 17.1 Å². The number of rotatable bonds is 8. The summed E-state index contributed by atoms with van der Waals surface area (Å²) in [7, 11) is 0. The lowest BCUT2D eigenvalue weighted by molar-refractivity contribution is -0.123. The molecule has 2 aromatic rings. The molecule has 0 fully saturated rings. The van der Waals surface area contributed by atoms with Gasteiger partial charge < -0.3 is 16.0 Å². The standard InChI is InChI=1S/C22H25N5O3/c1-4-27(15(2)22(30)26-20-7-5-6-17(12-20)13-23)14-21(29)25-19-10-8-18(9-11-19)24-16(3)28/h5-12,15H,4,14H2,1-3H3,(H,24,28)(H,25,29)(H,26,30)/t15-/m0/s1. The fourth-order valence-electron chi connectivity index (χ4n) is 2.83. The fourth-order valence-corrected chi connectivity index (χ4v) is 2.83. The Kier molecular flexibility index (Phi) is 8.08. The fraction of sp³-hybridized carbons (Fsp3) is 0.273. The first-order valence-electron chi connectivity index (χ1n) is 9.55. The van der Waals surface area contributed by atoms with E-state index in [4.69, 9.17) is 5.26 Å². The van der Waals surface area contributed by atoms with E-state index in [1.54, 1.807) is 60.4 Å². The SMILES string of the molecule is CCN(CC(=O)Nc1ccc(NC(C)=O)cc1)[C@@H](C)C(=O)Nc1cccc(C#N)c1. The average molecular weight is 407 g/mol. The largest absolute Gasteiger partial charge is 0.326 e. The number of nitrogens with zero attached hydrogens (tertiary/aromatic N) is 2. The monoisotopic (exact) mass is 407 g/mol. The number of hydrogen-bond donors (Lipinski definition) is 3. The van der Waals surface area contributed by atoms with Gasteiger partial charge in [0.05, 0.1) is 24.2 Å². The molecule has 156 valence electrons. The number of carbonyl (C=O) groups is 3. The first-order chi connectivity index (χ1) is 14.3. The van der Waals surface area contributed by atoms with Crippen molar-refractivity contribution in [2.24, 2.45) is 0 Å². The summed E-state index contributed by atoms with van der Waals surface area (Å²) >= 11 is 0. The lowest BCUT2D eigenvalue weighted by Crippen LogP contribution is -2.45. The predicted molar refractivity (Wildman–Crippen MR) is 116 cm³/mol. The van der Waals surface area contributed by atoms with Crippen molar-refractivity contribution in [3.8, 4) is 6.07 Å². The zero-order chi connectivity index (χ0) is 22.1. The Morgan fingerprint density at radius 2 is 1.63 bits per heavy atom. The molecule has 0 bridgehead atoms. The van der Waals surface area contributed by atoms with Crippen molar-refractivity contribution in [3.05, 3.63) is 54.1 Å². The molecular formula is C22H25N5O3. The predicted octanol–water partition coefficient (Wildman–Crippen LogP) is 2.80. The highest BCUT2D eigenvalue weighted by molar-refractivity contribution is 5.96. The molecule has 0 aliphatic rings. The van der Waals surface area contributed by atoms with Crippen LogP contribution in [0.15, 0.2) is 48.5 Å². The lowest BCUT2D eigenvalue weighted by Gasteiger charge is -2.26. The van der Waals surface area contributed by atoms with Gasteiger partial charge in [0.2, 0.25) is 17.7 Å². The quantitative estimate of drug-likeness (QED) is 0.623. The minimum Gasteiger partial charge on any atom is -0.326 e. The highest BCUT2D eigenvalue weighted by Gasteiger charge is 2.22. The van der Waals surface area contributed by atoms with Gasteiger partial charge in [0.1, 0.15) is 0 Å². The normalized spacial score (nSPS) is 11.3. The Labute approximate surface area is 175 Å². The summed E-state index contributed by atoms with van der Waals surface area (Å²) in [5.41, 5.74) is 2.22. The Bertz CT molecular complexity index is 950. The van der Waals surface area contributed by atoms with Gasteiger partial charge in [0.15, 0.2) is 0 Å². The number of anilines is 3. The van der Waals surface area contributed by atoms with Crippen molar-refractivity contribution >= 4 is 34.8 Å². The number of hydrogen-bond acceptors (Lipinski definition) is 5. The molecule has 1 atom stereocenters. The summed E-state index contributed by atoms with van der Waals surface area (Å²) in [4.78, 5) is 37.8. The van der Waals surface area contributed by atoms with Crippen LogP contribution >= 0.6 is 0 Å². The molecule has 0 aliphatic heterocycles. The third kappa shape index (κ3) is 6.72. The van der Waals surface area contributed by atoms with Gasteiger partial charge in [-0.15, -0.1) is 0 Å². The van der Waals surface area contributed by atoms with E-state index in [1.165, 1.54) is 6.92 Å². The maximum atomic E-state index is 12.6. The summed E-state index contributed by atoms with van der Waals surface area (Å²) in [5, 5.41) is 17.2. The summed E-state index contributed by atoms with van der Waals surface area (Å²) < 4.78 is 0. The summed E-state index contributed by atoms with van der Waals surface area (Å²) in [5.74, 6) is -0.688. The van der Waals surface area contributed by atoms with E-state index in [9.17, 15) is 14.4 Å². The van der Waals surface area contributed by atoms with Crippen molar-refractivity contribution in [3.63, 3.8) is 0 Å². The molecule has 0 heterocycles. The zero-order valence-electron chi connectivity index (χ0n) is 17.2. The Hall–Kier alpha value is -3.70. The van der Waals surface area contributed by atoms with Gasteiger partial charge >= 0.3 is 0 Å². The second-order valence-electron chi connectivity index (χ2n) is 6.73. The highest BCUT2D eigenvalue weighted by Crippen LogP contribution is 2.14. The van der Waals surface area contributed by atoms with Crippen LogP contribution in [-0.4, -0.2) is 41.8 Å². The Morgan fingerprint density at radius 1 is 1.00 bits per heavy atom. The molecule has 30 heavy (non-hydrogen) atoms. The molecule has 0 unspecified atom stereocenters. The second kappa shape index (κ2) is 10.7. The van der Waals surface area contributed by atoms with Crippen molar-refractivity contribution < 1.29 is 14.4 Å². The van der Waals surface area contributed by atoms with Gasteiger partial charge in [-0.3, -0.25) is 19.3 Å². The third-order valence-electron chi connectivity index (χ3n) is 4.43. The first kappa shape index (κ1) is 22.6. The van der Waals surface area contributed by atoms with Crippen LogP contribution in [0.5, 0.6) is 0 Å². The molecule has 3 amide bonds. The van der Waals surface area contributed by atoms with Crippen LogP contribution in [-0.2, 0) is 14.4 Å². The molecule has 0 saturated carbocycles. The number of carbonyl (C=O) groups excluding carboxylic acids is 3. The number of amides is 3. The molecule has 3 N–H and O–H groups in total. The van der Waals surface area contributed by atoms with Gasteiger partial charge in [-0.25, -0.2) is 0 Å². The number of nitriles is 1. The van der Waals surface area contributed by atoms with Gasteiger partial charge in [0.25, 0.3) is 0 Å². The number of benzene rings is 2. The molecule has 8 heteroatoms. The maximum absolute atomic E-state index is 12.6. The Balaban J connectivity index is 1.94. The lowest BCUT2D eigenvalue weighted by atomic mass is 10.2. The molecule has 2 aromatic carbocycles. The van der Waals surface area contributed by atoms with Crippen LogP contribution in [0.1, 0.15) is 26.3 Å². The molecule has 0 spiro atoms. The molecule has 2 rings (SSSR count). The summed E-state index contributed by atoms with van der Waals surface area (Å²) in [6.07, 6.45) is 0. The van der Waals surface area contributed by atoms with Crippen molar-refractivity contribution in [2.45, 2.75) is 26.8 Å². The molecule has 0 aromatic heterocycles. The highest BCUT2D eigenvalue weighted by atomic mass is 16.2. The van der Waals surface area contributed by atoms with E-state index in [0.29, 0.717) is 29.2 Å². The van der Waals surface area contributed by atoms with Crippen LogP contribution in [0.3, 0.4) is 0 Å². The molecule has 0 aliphatic carbocycles. The second-order valence-corrected chi connectivity index (χ2v) is 6.73. The molecular weight excluding hydrogens is 382 g/mol. The third-order valence-corrected chi connectivity index (χ3v) is 4.43. The summed E-state index contributed by atoms with van der Waals surface area (Å²) in [6.45, 7) is 5.56. The van der Waals surface area contributed by atoms with E-state index >= 15 is 0 Å². The van der Waals surface area contributed by atoms with Gasteiger partial charge in [0, 0.05) is 24.0 Å². The molecule has 0 radical (unpaired) electrons. The van der Waals surface area contributed by atoms with Crippen molar-refractivity contribution in [2.75, 3.05) is 29.0 Å². The van der Waals surface area contributed by atoms with Crippen LogP contribution < -0.4 is 16.0 Å². The van der Waals surface area contributed by atoms with E-state index in [-0.39, 0.29) is 24.3 Å². The van der Waals surface area contributed by atoms with E-state index in [0.717, 1.165) is 0 Å². The van der Waals surface area contributed by atoms with Crippen LogP contribution in [0.2, 0.25) is 0 Å². The molecule has 8 nitrogen and oxygen atoms in total. The van der Waals surface area contributed by atoms with Gasteiger partial charge in [-0.2, -0.15) is 5.26 Å². The van der Waals surface area contributed by atoms with E-state index in [1.807, 2.05) is 13.0 Å². The number of likely N-dealkylation sites (N-methyl/N-ethyl adjacent to an activating group) is 1. The minimum absolute atomic E-state index is 0.0385. The maximum Gasteiger partial charge on any atom is 0.241 e. The van der Waals surface area contributed by atoms with Crippen LogP contribution in [0.25, 0.3) is 0 Å². The zero-order valence-corrected chi connectivity index (χ0v) is 17.2. The Morgan fingerprint density at radius 3 is 2.20 bits per heavy atom. The van der Waals surface area contributed by atoms with Gasteiger partial charge in [-0.1, -0.05) is 13.0 Å². The minimum atomic E-state index is -0.548. The smallest absolute Gasteiger partial charge is 0.241 e. The average Bonchev–Trinajstić information content (AvgIpc) is 2.72. The number of nitrogens with one attached hydrogen (secondary N) is 3. The van der Waals surface area contributed by atoms with E-state index < -0.39 is 6.04 Å². The summed E-state index contributed by atoms with van der Waals surface area (Å²) in [6, 6.07) is 14.9. The van der Waals surface area contributed by atoms with Gasteiger partial charge in [-0.05, 0) is 55.9 Å². The van der Waals surface area contributed by atoms with Crippen molar-refractivity contribution in [1.82, 2.24) is 4.90 Å². The topological polar surface area (TPSA) is 114 Å². The van der Waals surface area contributed by atoms with Crippen LogP contribution in [0, 0.1) is 11.3 Å². The molecule has 0 saturated heterocycles. The van der Waals surface area contributed by atoms with E-state index in [2.05, 4.69) is 16.0 Å².